The van der Waals surface area contributed by atoms with Crippen LogP contribution in [0.25, 0.3) is 5.69 Å². The van der Waals surface area contributed by atoms with Crippen LogP contribution in [0.4, 0.5) is 0 Å². The number of phenols is 1. The van der Waals surface area contributed by atoms with E-state index in [2.05, 4.69) is 10.5 Å². The van der Waals surface area contributed by atoms with E-state index in [1.807, 2.05) is 63.8 Å². The Morgan fingerprint density at radius 2 is 1.83 bits per heavy atom. The van der Waals surface area contributed by atoms with Crippen molar-refractivity contribution in [1.29, 1.82) is 0 Å². The highest BCUT2D eigenvalue weighted by Crippen LogP contribution is 2.19. The number of rotatable bonds is 4. The summed E-state index contributed by atoms with van der Waals surface area (Å²) in [5, 5.41) is 13.4. The van der Waals surface area contributed by atoms with E-state index in [0.717, 1.165) is 14.8 Å². The van der Waals surface area contributed by atoms with Crippen LogP contribution in [0.15, 0.2) is 72.1 Å². The Labute approximate surface area is 152 Å². The predicted molar refractivity (Wildman–Crippen MR) is 102 cm³/mol. The minimum absolute atomic E-state index is 0.222. The van der Waals surface area contributed by atoms with Gasteiger partial charge in [0.15, 0.2) is 0 Å². The number of hydrogen-bond donors (Lipinski definition) is 2. The van der Waals surface area contributed by atoms with Crippen LogP contribution >= 0.6 is 22.6 Å². The SMILES string of the molecule is O=C(N/N=C/c1ccc(O)c(I)c1)c1ccc(-n2cccc2)cc1. The minimum Gasteiger partial charge on any atom is -0.507 e. The third-order valence-electron chi connectivity index (χ3n) is 3.38. The Bertz CT molecular complexity index is 872. The Kier molecular flexibility index (Phi) is 4.95. The van der Waals surface area contributed by atoms with Gasteiger partial charge in [-0.15, -0.1) is 0 Å². The first kappa shape index (κ1) is 16.3. The van der Waals surface area contributed by atoms with Gasteiger partial charge in [-0.2, -0.15) is 5.10 Å². The molecule has 0 saturated carbocycles. The summed E-state index contributed by atoms with van der Waals surface area (Å²) in [4.78, 5) is 12.1. The highest BCUT2D eigenvalue weighted by atomic mass is 127. The number of benzene rings is 2. The lowest BCUT2D eigenvalue weighted by atomic mass is 10.2. The van der Waals surface area contributed by atoms with Crippen molar-refractivity contribution in [3.8, 4) is 11.4 Å². The van der Waals surface area contributed by atoms with Gasteiger partial charge in [-0.05, 0) is 82.8 Å². The van der Waals surface area contributed by atoms with Crippen molar-refractivity contribution in [3.05, 3.63) is 81.7 Å². The average Bonchev–Trinajstić information content (AvgIpc) is 3.13. The quantitative estimate of drug-likeness (QED) is 0.377. The molecule has 2 aromatic carbocycles. The monoisotopic (exact) mass is 431 g/mol. The molecule has 3 rings (SSSR count). The van der Waals surface area contributed by atoms with Gasteiger partial charge in [-0.3, -0.25) is 4.79 Å². The predicted octanol–water partition coefficient (Wildman–Crippen LogP) is 3.55. The van der Waals surface area contributed by atoms with E-state index < -0.39 is 0 Å². The van der Waals surface area contributed by atoms with Crippen molar-refractivity contribution in [1.82, 2.24) is 9.99 Å². The average molecular weight is 431 g/mol. The second-order valence-electron chi connectivity index (χ2n) is 5.05. The highest BCUT2D eigenvalue weighted by Gasteiger charge is 2.04. The molecule has 1 heterocycles. The van der Waals surface area contributed by atoms with Crippen LogP contribution in [-0.4, -0.2) is 21.8 Å². The smallest absolute Gasteiger partial charge is 0.271 e. The Morgan fingerprint density at radius 3 is 2.50 bits per heavy atom. The zero-order valence-corrected chi connectivity index (χ0v) is 14.7. The van der Waals surface area contributed by atoms with Gasteiger partial charge in [0.05, 0.1) is 9.78 Å². The van der Waals surface area contributed by atoms with E-state index in [1.54, 1.807) is 30.3 Å². The van der Waals surface area contributed by atoms with Crippen LogP contribution in [0.3, 0.4) is 0 Å². The van der Waals surface area contributed by atoms with E-state index in [1.165, 1.54) is 6.21 Å². The van der Waals surface area contributed by atoms with Crippen LogP contribution in [0.5, 0.6) is 5.75 Å². The summed E-state index contributed by atoms with van der Waals surface area (Å²) in [5.74, 6) is -0.0571. The fourth-order valence-electron chi connectivity index (χ4n) is 2.13. The van der Waals surface area contributed by atoms with E-state index >= 15 is 0 Å². The van der Waals surface area contributed by atoms with Gasteiger partial charge in [-0.1, -0.05) is 0 Å². The van der Waals surface area contributed by atoms with Gasteiger partial charge in [0, 0.05) is 23.6 Å². The first-order valence-corrected chi connectivity index (χ1v) is 8.27. The highest BCUT2D eigenvalue weighted by molar-refractivity contribution is 14.1. The zero-order chi connectivity index (χ0) is 16.9. The van der Waals surface area contributed by atoms with Crippen molar-refractivity contribution in [2.24, 2.45) is 5.10 Å². The number of amides is 1. The molecule has 1 amide bonds. The first-order valence-electron chi connectivity index (χ1n) is 7.19. The molecule has 3 aromatic rings. The number of hydrazone groups is 1. The second-order valence-corrected chi connectivity index (χ2v) is 6.21. The number of nitrogens with one attached hydrogen (secondary N) is 1. The van der Waals surface area contributed by atoms with E-state index in [9.17, 15) is 9.90 Å². The molecular weight excluding hydrogens is 417 g/mol. The first-order chi connectivity index (χ1) is 11.6. The number of hydrogen-bond acceptors (Lipinski definition) is 3. The largest absolute Gasteiger partial charge is 0.507 e. The number of halogens is 1. The Morgan fingerprint density at radius 1 is 1.12 bits per heavy atom. The molecule has 5 nitrogen and oxygen atoms in total. The van der Waals surface area contributed by atoms with Gasteiger partial charge in [0.25, 0.3) is 5.91 Å². The standard InChI is InChI=1S/C18H14IN3O2/c19-16-11-13(3-8-17(16)23)12-20-21-18(24)14-4-6-15(7-5-14)22-9-1-2-10-22/h1-12,23H,(H,21,24)/b20-12+. The molecule has 0 atom stereocenters. The van der Waals surface area contributed by atoms with Crippen molar-refractivity contribution in [2.45, 2.75) is 0 Å². The summed E-state index contributed by atoms with van der Waals surface area (Å²) < 4.78 is 2.69. The maximum Gasteiger partial charge on any atom is 0.271 e. The number of carbonyl (C=O) groups is 1. The van der Waals surface area contributed by atoms with Crippen molar-refractivity contribution in [2.75, 3.05) is 0 Å². The van der Waals surface area contributed by atoms with Crippen LogP contribution < -0.4 is 5.43 Å². The molecule has 6 heteroatoms. The number of aromatic nitrogens is 1. The number of aromatic hydroxyl groups is 1. The lowest BCUT2D eigenvalue weighted by molar-refractivity contribution is 0.0955. The molecule has 0 aliphatic heterocycles. The Hall–Kier alpha value is -2.61. The van der Waals surface area contributed by atoms with E-state index in [0.29, 0.717) is 5.56 Å². The van der Waals surface area contributed by atoms with Crippen LogP contribution in [-0.2, 0) is 0 Å². The fraction of sp³-hybridized carbons (Fsp3) is 0. The van der Waals surface area contributed by atoms with Crippen molar-refractivity contribution in [3.63, 3.8) is 0 Å². The maximum absolute atomic E-state index is 12.1. The van der Waals surface area contributed by atoms with Gasteiger partial charge in [-0.25, -0.2) is 5.43 Å². The van der Waals surface area contributed by atoms with E-state index in [-0.39, 0.29) is 11.7 Å². The molecule has 0 saturated heterocycles. The molecule has 0 aliphatic rings. The molecule has 0 fully saturated rings. The lowest BCUT2D eigenvalue weighted by Crippen LogP contribution is -2.17. The summed E-state index contributed by atoms with van der Waals surface area (Å²) >= 11 is 2.03. The maximum atomic E-state index is 12.1. The van der Waals surface area contributed by atoms with Crippen LogP contribution in [0, 0.1) is 3.57 Å². The van der Waals surface area contributed by atoms with Crippen LogP contribution in [0.1, 0.15) is 15.9 Å². The zero-order valence-electron chi connectivity index (χ0n) is 12.6. The molecule has 24 heavy (non-hydrogen) atoms. The number of nitrogens with zero attached hydrogens (tertiary/aromatic N) is 2. The van der Waals surface area contributed by atoms with Gasteiger partial charge < -0.3 is 9.67 Å². The molecule has 2 N–H and O–H groups in total. The summed E-state index contributed by atoms with van der Waals surface area (Å²) in [6.45, 7) is 0. The summed E-state index contributed by atoms with van der Waals surface area (Å²) in [6, 6.07) is 16.2. The second kappa shape index (κ2) is 7.31. The van der Waals surface area contributed by atoms with Crippen molar-refractivity contribution >= 4 is 34.7 Å². The normalized spacial score (nSPS) is 10.9. The molecular formula is C18H14IN3O2. The molecule has 0 bridgehead atoms. The van der Waals surface area contributed by atoms with E-state index in [4.69, 9.17) is 0 Å². The van der Waals surface area contributed by atoms with Gasteiger partial charge >= 0.3 is 0 Å². The summed E-state index contributed by atoms with van der Waals surface area (Å²) in [5.41, 5.74) is 4.80. The lowest BCUT2D eigenvalue weighted by Gasteiger charge is -2.04. The third-order valence-corrected chi connectivity index (χ3v) is 4.25. The molecule has 0 unspecified atom stereocenters. The molecule has 0 spiro atoms. The van der Waals surface area contributed by atoms with Gasteiger partial charge in [0.1, 0.15) is 5.75 Å². The van der Waals surface area contributed by atoms with Gasteiger partial charge in [0.2, 0.25) is 0 Å². The third kappa shape index (κ3) is 3.83. The molecule has 1 aromatic heterocycles. The minimum atomic E-state index is -0.279. The molecule has 0 aliphatic carbocycles. The summed E-state index contributed by atoms with van der Waals surface area (Å²) in [6.07, 6.45) is 5.42. The van der Waals surface area contributed by atoms with Crippen molar-refractivity contribution < 1.29 is 9.90 Å². The topological polar surface area (TPSA) is 66.6 Å². The molecule has 0 radical (unpaired) electrons. The number of phenolic OH excluding ortho intramolecular Hbond substituents is 1. The Balaban J connectivity index is 1.64. The number of carbonyl (C=O) groups excluding carboxylic acids is 1. The molecule has 120 valence electrons. The van der Waals surface area contributed by atoms with Crippen LogP contribution in [0.2, 0.25) is 0 Å². The fourth-order valence-corrected chi connectivity index (χ4v) is 2.66. The summed E-state index contributed by atoms with van der Waals surface area (Å²) in [7, 11) is 0.